The lowest BCUT2D eigenvalue weighted by molar-refractivity contribution is -0.212. The Bertz CT molecular complexity index is 1170. The van der Waals surface area contributed by atoms with Gasteiger partial charge >= 0.3 is 0 Å². The summed E-state index contributed by atoms with van der Waals surface area (Å²) in [4.78, 5) is 18.2. The van der Waals surface area contributed by atoms with Gasteiger partial charge in [-0.1, -0.05) is 6.07 Å². The zero-order valence-corrected chi connectivity index (χ0v) is 18.9. The molecule has 1 aliphatic heterocycles. The first-order valence-corrected chi connectivity index (χ1v) is 11.6. The van der Waals surface area contributed by atoms with Crippen LogP contribution in [-0.4, -0.2) is 75.3 Å². The van der Waals surface area contributed by atoms with Crippen LogP contribution in [0.2, 0.25) is 0 Å². The molecule has 166 valence electrons. The number of ketones is 1. The van der Waals surface area contributed by atoms with Crippen molar-refractivity contribution in [3.8, 4) is 11.1 Å². The van der Waals surface area contributed by atoms with Gasteiger partial charge in [0.1, 0.15) is 5.78 Å². The SMILES string of the molecule is CN1CCN(CC23CC(C(=O)Cc4cc5cc(-c6cnn(C)c6)ccc5nn4)(C2)C3)CC1. The molecule has 32 heavy (non-hydrogen) atoms. The molecule has 3 saturated carbocycles. The number of hydrogen-bond donors (Lipinski definition) is 0. The van der Waals surface area contributed by atoms with Crippen LogP contribution in [0.15, 0.2) is 36.7 Å². The summed E-state index contributed by atoms with van der Waals surface area (Å²) < 4.78 is 1.80. The van der Waals surface area contributed by atoms with Gasteiger partial charge in [-0.05, 0) is 55.5 Å². The second kappa shape index (κ2) is 7.18. The number of benzene rings is 1. The van der Waals surface area contributed by atoms with Crippen LogP contribution in [-0.2, 0) is 18.3 Å². The van der Waals surface area contributed by atoms with Gasteiger partial charge in [-0.25, -0.2) is 0 Å². The fourth-order valence-electron chi connectivity index (χ4n) is 6.22. The molecule has 0 unspecified atom stereocenters. The maximum Gasteiger partial charge on any atom is 0.145 e. The lowest BCUT2D eigenvalue weighted by atomic mass is 9.33. The van der Waals surface area contributed by atoms with Gasteiger partial charge in [0.15, 0.2) is 0 Å². The number of likely N-dealkylation sites (N-methyl/N-ethyl adjacent to an activating group) is 1. The molecule has 4 fully saturated rings. The van der Waals surface area contributed by atoms with Gasteiger partial charge in [0, 0.05) is 62.3 Å². The van der Waals surface area contributed by atoms with Gasteiger partial charge in [-0.3, -0.25) is 9.48 Å². The minimum atomic E-state index is -0.0826. The third-order valence-electron chi connectivity index (χ3n) is 7.90. The van der Waals surface area contributed by atoms with E-state index in [0.29, 0.717) is 17.6 Å². The first-order valence-electron chi connectivity index (χ1n) is 11.6. The van der Waals surface area contributed by atoms with E-state index in [-0.39, 0.29) is 5.41 Å². The van der Waals surface area contributed by atoms with Crippen molar-refractivity contribution in [2.24, 2.45) is 17.9 Å². The molecule has 7 nitrogen and oxygen atoms in total. The van der Waals surface area contributed by atoms with Crippen LogP contribution in [0.4, 0.5) is 0 Å². The topological polar surface area (TPSA) is 67.2 Å². The van der Waals surface area contributed by atoms with E-state index in [1.54, 1.807) is 4.68 Å². The molecule has 7 rings (SSSR count). The van der Waals surface area contributed by atoms with Crippen molar-refractivity contribution in [1.82, 2.24) is 29.8 Å². The van der Waals surface area contributed by atoms with E-state index in [9.17, 15) is 4.79 Å². The molecule has 1 aromatic carbocycles. The first-order chi connectivity index (χ1) is 15.4. The summed E-state index contributed by atoms with van der Waals surface area (Å²) >= 11 is 0. The average molecular weight is 431 g/mol. The monoisotopic (exact) mass is 430 g/mol. The molecular weight excluding hydrogens is 400 g/mol. The van der Waals surface area contributed by atoms with Gasteiger partial charge in [0.2, 0.25) is 0 Å². The number of aryl methyl sites for hydroxylation is 1. The van der Waals surface area contributed by atoms with Crippen LogP contribution in [0.1, 0.15) is 25.0 Å². The van der Waals surface area contributed by atoms with Crippen LogP contribution in [0, 0.1) is 10.8 Å². The number of aromatic nitrogens is 4. The quantitative estimate of drug-likeness (QED) is 0.599. The maximum atomic E-state index is 13.2. The van der Waals surface area contributed by atoms with Crippen molar-refractivity contribution in [2.75, 3.05) is 39.8 Å². The molecule has 0 spiro atoms. The van der Waals surface area contributed by atoms with E-state index in [4.69, 9.17) is 0 Å². The summed E-state index contributed by atoms with van der Waals surface area (Å²) in [5, 5.41) is 14.0. The predicted octanol–water partition coefficient (Wildman–Crippen LogP) is 2.56. The lowest BCUT2D eigenvalue weighted by Gasteiger charge is -2.71. The maximum absolute atomic E-state index is 13.2. The lowest BCUT2D eigenvalue weighted by Crippen LogP contribution is -2.69. The number of rotatable bonds is 6. The molecule has 3 aliphatic carbocycles. The summed E-state index contributed by atoms with van der Waals surface area (Å²) in [6.45, 7) is 5.80. The van der Waals surface area contributed by atoms with Gasteiger partial charge in [0.25, 0.3) is 0 Å². The highest BCUT2D eigenvalue weighted by atomic mass is 16.1. The largest absolute Gasteiger partial charge is 0.304 e. The molecule has 0 N–H and O–H groups in total. The third-order valence-corrected chi connectivity index (χ3v) is 7.90. The fourth-order valence-corrected chi connectivity index (χ4v) is 6.22. The number of nitrogens with zero attached hydrogens (tertiary/aromatic N) is 6. The summed E-state index contributed by atoms with van der Waals surface area (Å²) in [7, 11) is 4.11. The zero-order valence-electron chi connectivity index (χ0n) is 18.9. The molecule has 3 heterocycles. The molecule has 3 aromatic rings. The van der Waals surface area contributed by atoms with Crippen LogP contribution < -0.4 is 0 Å². The second-order valence-corrected chi connectivity index (χ2v) is 10.5. The van der Waals surface area contributed by atoms with Crippen LogP contribution in [0.25, 0.3) is 22.0 Å². The van der Waals surface area contributed by atoms with Gasteiger partial charge in [-0.15, -0.1) is 0 Å². The first kappa shape index (κ1) is 20.0. The molecule has 7 heteroatoms. The molecule has 0 radical (unpaired) electrons. The number of Topliss-reactive ketones (excluding diaryl/α,β-unsaturated/α-hetero) is 1. The van der Waals surface area contributed by atoms with E-state index in [1.807, 2.05) is 37.6 Å². The van der Waals surface area contributed by atoms with Crippen LogP contribution in [0.5, 0.6) is 0 Å². The van der Waals surface area contributed by atoms with Gasteiger partial charge in [-0.2, -0.15) is 15.3 Å². The Balaban J connectivity index is 1.11. The van der Waals surface area contributed by atoms with Crippen molar-refractivity contribution in [2.45, 2.75) is 25.7 Å². The summed E-state index contributed by atoms with van der Waals surface area (Å²) in [6.07, 6.45) is 7.46. The number of piperazine rings is 1. The fraction of sp³-hybridized carbons (Fsp3) is 0.520. The molecule has 2 aromatic heterocycles. The Kier molecular flexibility index (Phi) is 4.49. The average Bonchev–Trinajstić information content (AvgIpc) is 3.16. The Morgan fingerprint density at radius 1 is 1.00 bits per heavy atom. The Labute approximate surface area is 188 Å². The van der Waals surface area contributed by atoms with Crippen molar-refractivity contribution in [3.63, 3.8) is 0 Å². The van der Waals surface area contributed by atoms with Gasteiger partial charge < -0.3 is 9.80 Å². The predicted molar refractivity (Wildman–Crippen MR) is 123 cm³/mol. The van der Waals surface area contributed by atoms with Crippen LogP contribution >= 0.6 is 0 Å². The van der Waals surface area contributed by atoms with Crippen molar-refractivity contribution >= 4 is 16.7 Å². The Hall–Kier alpha value is -2.64. The molecule has 1 saturated heterocycles. The molecular formula is C25H30N6O. The zero-order chi connectivity index (χ0) is 21.9. The third kappa shape index (κ3) is 3.35. The highest BCUT2D eigenvalue weighted by Crippen LogP contribution is 2.74. The Morgan fingerprint density at radius 3 is 2.50 bits per heavy atom. The van der Waals surface area contributed by atoms with Crippen molar-refractivity contribution in [1.29, 1.82) is 0 Å². The molecule has 2 bridgehead atoms. The number of fused-ring (bicyclic) bond motifs is 1. The molecule has 4 aliphatic rings. The smallest absolute Gasteiger partial charge is 0.145 e. The van der Waals surface area contributed by atoms with E-state index >= 15 is 0 Å². The summed E-state index contributed by atoms with van der Waals surface area (Å²) in [5.41, 5.74) is 4.12. The summed E-state index contributed by atoms with van der Waals surface area (Å²) in [6, 6.07) is 8.17. The highest BCUT2D eigenvalue weighted by molar-refractivity contribution is 5.91. The van der Waals surface area contributed by atoms with Crippen molar-refractivity contribution in [3.05, 3.63) is 42.4 Å². The van der Waals surface area contributed by atoms with E-state index in [1.165, 1.54) is 6.54 Å². The molecule has 0 amide bonds. The van der Waals surface area contributed by atoms with Gasteiger partial charge in [0.05, 0.1) is 23.8 Å². The molecule has 0 atom stereocenters. The Morgan fingerprint density at radius 2 is 1.78 bits per heavy atom. The normalized spacial score (nSPS) is 27.8. The highest BCUT2D eigenvalue weighted by Gasteiger charge is 2.70. The van der Waals surface area contributed by atoms with E-state index in [0.717, 1.165) is 73.2 Å². The standard InChI is InChI=1S/C25H30N6O/c1-29-5-7-31(8-6-29)17-24-14-25(15-24,16-24)23(32)11-21-10-19-9-18(3-4-22(19)28-27-21)20-12-26-30(2)13-20/h3-4,9-10,12-13H,5-8,11,14-17H2,1-2H3. The minimum Gasteiger partial charge on any atom is -0.304 e. The minimum absolute atomic E-state index is 0.0826. The summed E-state index contributed by atoms with van der Waals surface area (Å²) in [5.74, 6) is 0.356. The number of carbonyl (C=O) groups excluding carboxylic acids is 1. The van der Waals surface area contributed by atoms with Crippen LogP contribution in [0.3, 0.4) is 0 Å². The van der Waals surface area contributed by atoms with Crippen molar-refractivity contribution < 1.29 is 4.79 Å². The second-order valence-electron chi connectivity index (χ2n) is 10.5. The van der Waals surface area contributed by atoms with E-state index < -0.39 is 0 Å². The number of carbonyl (C=O) groups is 1. The van der Waals surface area contributed by atoms with E-state index in [2.05, 4.69) is 38.2 Å². The number of hydrogen-bond acceptors (Lipinski definition) is 6.